The van der Waals surface area contributed by atoms with Crippen molar-refractivity contribution in [2.45, 2.75) is 36.5 Å². The first-order valence-electron chi connectivity index (χ1n) is 18.3. The monoisotopic (exact) mass is 873 g/mol. The van der Waals surface area contributed by atoms with Crippen LogP contribution in [0.2, 0.25) is 10.0 Å². The summed E-state index contributed by atoms with van der Waals surface area (Å²) < 4.78 is 94.5. The number of ether oxygens (including phenoxy) is 2. The van der Waals surface area contributed by atoms with Crippen LogP contribution < -0.4 is 19.8 Å². The fraction of sp³-hybridized carbons (Fsp3) is 0.286. The molecule has 2 heterocycles. The molecule has 60 heavy (non-hydrogen) atoms. The number of fused-ring (bicyclic) bond motifs is 4. The molecule has 2 aliphatic heterocycles. The number of anilines is 2. The Morgan fingerprint density at radius 1 is 0.767 bits per heavy atom. The van der Waals surface area contributed by atoms with Gasteiger partial charge in [-0.1, -0.05) is 53.1 Å². The molecule has 6 atom stereocenters. The second-order valence-corrected chi connectivity index (χ2v) is 15.8. The number of phenolic OH excluding ortho intramolecular Hbond substituents is 1. The van der Waals surface area contributed by atoms with Gasteiger partial charge >= 0.3 is 12.4 Å². The molecule has 1 saturated carbocycles. The van der Waals surface area contributed by atoms with Crippen LogP contribution in [0.3, 0.4) is 0 Å². The van der Waals surface area contributed by atoms with E-state index >= 15 is 4.79 Å². The van der Waals surface area contributed by atoms with Gasteiger partial charge in [0.25, 0.3) is 11.8 Å². The summed E-state index contributed by atoms with van der Waals surface area (Å²) in [4.78, 5) is 59.4. The number of rotatable bonds is 7. The number of carbonyl (C=O) groups excluding carboxylic acids is 4. The minimum atomic E-state index is -5.27. The molecule has 2 aliphatic carbocycles. The lowest BCUT2D eigenvalue weighted by molar-refractivity contribution is -0.143. The number of alkyl halides is 6. The van der Waals surface area contributed by atoms with Crippen LogP contribution in [-0.4, -0.2) is 48.0 Å². The Morgan fingerprint density at radius 2 is 1.40 bits per heavy atom. The Kier molecular flexibility index (Phi) is 9.89. The Hall–Kier alpha value is -5.74. The number of aromatic hydroxyl groups is 1. The molecule has 3 fully saturated rings. The maximum Gasteiger partial charge on any atom is 0.416 e. The number of nitrogens with one attached hydrogen (secondary N) is 1. The van der Waals surface area contributed by atoms with E-state index in [2.05, 4.69) is 5.43 Å². The summed E-state index contributed by atoms with van der Waals surface area (Å²) in [5, 5.41) is 12.8. The average molecular weight is 875 g/mol. The predicted molar refractivity (Wildman–Crippen MR) is 204 cm³/mol. The third-order valence-electron chi connectivity index (χ3n) is 12.0. The molecule has 4 aliphatic rings. The minimum absolute atomic E-state index is 0.0541. The molecular weight excluding hydrogens is 843 g/mol. The van der Waals surface area contributed by atoms with Crippen molar-refractivity contribution in [2.75, 3.05) is 24.5 Å². The number of phenols is 1. The quantitative estimate of drug-likeness (QED) is 0.107. The van der Waals surface area contributed by atoms with Gasteiger partial charge < -0.3 is 14.6 Å². The zero-order valence-electron chi connectivity index (χ0n) is 31.2. The summed E-state index contributed by atoms with van der Waals surface area (Å²) in [5.74, 6) is -9.76. The van der Waals surface area contributed by atoms with E-state index in [1.165, 1.54) is 50.6 Å². The highest BCUT2D eigenvalue weighted by molar-refractivity contribution is 6.36. The average Bonchev–Trinajstić information content (AvgIpc) is 3.58. The molecular formula is C42H31Cl2F6N3O7. The molecule has 4 amide bonds. The van der Waals surface area contributed by atoms with Crippen LogP contribution in [0, 0.1) is 23.7 Å². The summed E-state index contributed by atoms with van der Waals surface area (Å²) in [6, 6.07) is 15.5. The third kappa shape index (κ3) is 6.33. The van der Waals surface area contributed by atoms with Gasteiger partial charge in [-0.2, -0.15) is 31.4 Å². The van der Waals surface area contributed by atoms with Crippen molar-refractivity contribution in [1.29, 1.82) is 0 Å². The summed E-state index contributed by atoms with van der Waals surface area (Å²) in [7, 11) is 2.80. The summed E-state index contributed by atoms with van der Waals surface area (Å²) in [6.45, 7) is 0. The molecule has 0 aromatic heterocycles. The fourth-order valence-electron chi connectivity index (χ4n) is 9.40. The highest BCUT2D eigenvalue weighted by atomic mass is 35.5. The van der Waals surface area contributed by atoms with Gasteiger partial charge in [0.15, 0.2) is 0 Å². The van der Waals surface area contributed by atoms with Crippen molar-refractivity contribution in [3.8, 4) is 17.2 Å². The molecule has 312 valence electrons. The Morgan fingerprint density at radius 3 is 1.98 bits per heavy atom. The first kappa shape index (κ1) is 41.0. The first-order valence-corrected chi connectivity index (χ1v) is 19.1. The lowest BCUT2D eigenvalue weighted by Gasteiger charge is -2.50. The summed E-state index contributed by atoms with van der Waals surface area (Å²) in [5.41, 5.74) is -2.52. The first-order chi connectivity index (χ1) is 28.3. The predicted octanol–water partition coefficient (Wildman–Crippen LogP) is 8.94. The fourth-order valence-corrected chi connectivity index (χ4v) is 9.86. The van der Waals surface area contributed by atoms with Crippen molar-refractivity contribution in [3.63, 3.8) is 0 Å². The summed E-state index contributed by atoms with van der Waals surface area (Å²) in [6.07, 6.45) is -9.43. The number of nitrogens with zero attached hydrogens (tertiary/aromatic N) is 2. The molecule has 0 bridgehead atoms. The largest absolute Gasteiger partial charge is 0.508 e. The maximum absolute atomic E-state index is 15.4. The molecule has 2 saturated heterocycles. The Balaban J connectivity index is 1.32. The third-order valence-corrected chi connectivity index (χ3v) is 12.5. The maximum atomic E-state index is 15.4. The highest BCUT2D eigenvalue weighted by Crippen LogP contribution is 2.65. The van der Waals surface area contributed by atoms with E-state index in [9.17, 15) is 45.8 Å². The number of hydrazine groups is 1. The molecule has 18 heteroatoms. The zero-order chi connectivity index (χ0) is 43.2. The van der Waals surface area contributed by atoms with Crippen LogP contribution in [0.4, 0.5) is 37.7 Å². The molecule has 4 aromatic carbocycles. The van der Waals surface area contributed by atoms with Gasteiger partial charge in [0.05, 0.1) is 64.9 Å². The normalized spacial score (nSPS) is 25.2. The second kappa shape index (κ2) is 14.5. The van der Waals surface area contributed by atoms with Gasteiger partial charge in [0, 0.05) is 22.6 Å². The van der Waals surface area contributed by atoms with Crippen molar-refractivity contribution in [2.24, 2.45) is 23.7 Å². The van der Waals surface area contributed by atoms with Crippen molar-refractivity contribution in [1.82, 2.24) is 5.01 Å². The number of carbonyl (C=O) groups is 4. The topological polar surface area (TPSA) is 125 Å². The van der Waals surface area contributed by atoms with Crippen molar-refractivity contribution >= 4 is 58.2 Å². The number of allylic oxidation sites excluding steroid dienone is 2. The lowest BCUT2D eigenvalue weighted by Crippen LogP contribution is -2.53. The Bertz CT molecular complexity index is 2480. The standard InChI is InChI=1S/C42H31Cl2F6N3O7/c1-59-24-6-3-19(4-7-24)40-30(37(56)53(39(40)58)51-32-12-5-22(43)16-31(32)44)18-29-26(35(40)27-9-8-25(60-2)17-33(27)54)10-11-28-34(29)38(57)52(36(28)55)23-14-20(41(45,46)47)13-21(15-23)42(48,49)50/h3-10,12-17,28-30,34-35,51,54H,11,18H2,1-2H3/t28-,29+,30-,34-,35+,40+/m0/s1. The van der Waals surface area contributed by atoms with Gasteiger partial charge in [-0.3, -0.25) is 24.6 Å². The van der Waals surface area contributed by atoms with Gasteiger partial charge in [0.1, 0.15) is 17.2 Å². The lowest BCUT2D eigenvalue weighted by atomic mass is 9.49. The van der Waals surface area contributed by atoms with E-state index in [-0.39, 0.29) is 51.7 Å². The SMILES string of the molecule is COc1ccc([C@@]23C(=O)N(Nc4ccc(Cl)cc4Cl)C(=O)[C@@H]2C[C@@H]2C(=CC[C@@H]4C(=O)N(c5cc(C(F)(F)F)cc(C(F)(F)F)c5)C(=O)[C@@H]42)[C@@H]3c2ccc(OC)cc2O)cc1. The van der Waals surface area contributed by atoms with Crippen LogP contribution >= 0.6 is 23.2 Å². The van der Waals surface area contributed by atoms with Crippen molar-refractivity contribution in [3.05, 3.63) is 123 Å². The van der Waals surface area contributed by atoms with Gasteiger partial charge in [0.2, 0.25) is 11.8 Å². The Labute approximate surface area is 347 Å². The summed E-state index contributed by atoms with van der Waals surface area (Å²) >= 11 is 12.6. The van der Waals surface area contributed by atoms with Crippen molar-refractivity contribution < 1.29 is 60.1 Å². The molecule has 10 nitrogen and oxygen atoms in total. The van der Waals surface area contributed by atoms with E-state index in [0.29, 0.717) is 33.9 Å². The van der Waals surface area contributed by atoms with Gasteiger partial charge in [-0.25, -0.2) is 4.90 Å². The molecule has 2 N–H and O–H groups in total. The number of hydrogen-bond acceptors (Lipinski definition) is 8. The van der Waals surface area contributed by atoms with Crippen LogP contribution in [0.5, 0.6) is 17.2 Å². The number of halogens is 8. The van der Waals surface area contributed by atoms with Crippen LogP contribution in [0.25, 0.3) is 0 Å². The molecule has 0 unspecified atom stereocenters. The van der Waals surface area contributed by atoms with E-state index in [4.69, 9.17) is 32.7 Å². The van der Waals surface area contributed by atoms with E-state index in [1.54, 1.807) is 30.3 Å². The molecule has 0 spiro atoms. The minimum Gasteiger partial charge on any atom is -0.508 e. The van der Waals surface area contributed by atoms with Crippen LogP contribution in [0.1, 0.15) is 41.0 Å². The highest BCUT2D eigenvalue weighted by Gasteiger charge is 2.71. The molecule has 8 rings (SSSR count). The smallest absolute Gasteiger partial charge is 0.416 e. The molecule has 4 aromatic rings. The van der Waals surface area contributed by atoms with E-state index in [0.717, 1.165) is 5.01 Å². The van der Waals surface area contributed by atoms with Crippen LogP contribution in [-0.2, 0) is 36.9 Å². The zero-order valence-corrected chi connectivity index (χ0v) is 32.7. The van der Waals surface area contributed by atoms with E-state index in [1.807, 2.05) is 0 Å². The number of imide groups is 2. The molecule has 0 radical (unpaired) electrons. The second-order valence-electron chi connectivity index (χ2n) is 14.9. The van der Waals surface area contributed by atoms with Gasteiger partial charge in [-0.15, -0.1) is 0 Å². The van der Waals surface area contributed by atoms with E-state index < -0.39 is 87.8 Å². The number of benzene rings is 4. The van der Waals surface area contributed by atoms with Crippen LogP contribution in [0.15, 0.2) is 90.5 Å². The number of amides is 4. The van der Waals surface area contributed by atoms with Gasteiger partial charge in [-0.05, 0) is 78.9 Å². The number of methoxy groups -OCH3 is 2. The number of hydrogen-bond donors (Lipinski definition) is 2.